The van der Waals surface area contributed by atoms with Crippen molar-refractivity contribution in [3.8, 4) is 0 Å². The van der Waals surface area contributed by atoms with Gasteiger partial charge in [-0.1, -0.05) is 36.8 Å². The fourth-order valence-corrected chi connectivity index (χ4v) is 3.33. The number of benzene rings is 1. The zero-order valence-corrected chi connectivity index (χ0v) is 12.4. The Morgan fingerprint density at radius 1 is 1.11 bits per heavy atom. The van der Waals surface area contributed by atoms with Crippen molar-refractivity contribution in [3.63, 3.8) is 0 Å². The number of amidine groups is 1. The summed E-state index contributed by atoms with van der Waals surface area (Å²) in [5, 5.41) is 0. The molecule has 1 aliphatic heterocycles. The minimum absolute atomic E-state index is 0. The van der Waals surface area contributed by atoms with Gasteiger partial charge in [-0.25, -0.2) is 0 Å². The molecule has 0 bridgehead atoms. The molecular formula is C16H23ClN2. The van der Waals surface area contributed by atoms with E-state index in [9.17, 15) is 0 Å². The highest BCUT2D eigenvalue weighted by Crippen LogP contribution is 2.37. The Labute approximate surface area is 122 Å². The van der Waals surface area contributed by atoms with Crippen molar-refractivity contribution in [3.05, 3.63) is 35.9 Å². The molecule has 1 heterocycles. The van der Waals surface area contributed by atoms with Crippen molar-refractivity contribution in [1.82, 2.24) is 4.90 Å². The van der Waals surface area contributed by atoms with Gasteiger partial charge in [0.1, 0.15) is 0 Å². The molecule has 0 radical (unpaired) electrons. The Morgan fingerprint density at radius 2 is 1.89 bits per heavy atom. The Kier molecular flexibility index (Phi) is 4.87. The van der Waals surface area contributed by atoms with Gasteiger partial charge in [-0.2, -0.15) is 0 Å². The third-order valence-electron chi connectivity index (χ3n) is 4.36. The largest absolute Gasteiger partial charge is 0.363 e. The van der Waals surface area contributed by atoms with Gasteiger partial charge < -0.3 is 4.90 Å². The molecular weight excluding hydrogens is 256 g/mol. The number of halogens is 1. The molecule has 1 aromatic rings. The number of aliphatic imine (C=N–C) groups is 1. The van der Waals surface area contributed by atoms with Crippen LogP contribution >= 0.6 is 12.4 Å². The fraction of sp³-hybridized carbons (Fsp3) is 0.562. The maximum absolute atomic E-state index is 5.06. The van der Waals surface area contributed by atoms with Crippen LogP contribution in [0.5, 0.6) is 0 Å². The van der Waals surface area contributed by atoms with Gasteiger partial charge in [-0.05, 0) is 24.8 Å². The van der Waals surface area contributed by atoms with Gasteiger partial charge in [0.2, 0.25) is 0 Å². The van der Waals surface area contributed by atoms with Crippen LogP contribution in [-0.2, 0) is 0 Å². The lowest BCUT2D eigenvalue weighted by molar-refractivity contribution is 0.534. The van der Waals surface area contributed by atoms with Crippen LogP contribution in [0, 0.1) is 0 Å². The number of likely N-dealkylation sites (tertiary alicyclic amines) is 1. The molecule has 2 atom stereocenters. The van der Waals surface area contributed by atoms with Crippen LogP contribution in [0.25, 0.3) is 0 Å². The number of rotatable bonds is 2. The van der Waals surface area contributed by atoms with E-state index in [4.69, 9.17) is 4.99 Å². The van der Waals surface area contributed by atoms with Crippen molar-refractivity contribution in [2.75, 3.05) is 13.6 Å². The molecule has 19 heavy (non-hydrogen) atoms. The summed E-state index contributed by atoms with van der Waals surface area (Å²) in [6, 6.07) is 11.5. The van der Waals surface area contributed by atoms with Gasteiger partial charge >= 0.3 is 0 Å². The van der Waals surface area contributed by atoms with Gasteiger partial charge in [0, 0.05) is 25.9 Å². The maximum atomic E-state index is 5.06. The third-order valence-corrected chi connectivity index (χ3v) is 4.36. The average molecular weight is 279 g/mol. The molecule has 2 unspecified atom stereocenters. The number of hydrogen-bond donors (Lipinski definition) is 0. The zero-order chi connectivity index (χ0) is 12.4. The van der Waals surface area contributed by atoms with Crippen LogP contribution in [0.15, 0.2) is 35.3 Å². The van der Waals surface area contributed by atoms with Crippen molar-refractivity contribution in [1.29, 1.82) is 0 Å². The molecule has 0 aromatic heterocycles. The van der Waals surface area contributed by atoms with E-state index in [0.29, 0.717) is 12.0 Å². The van der Waals surface area contributed by atoms with Crippen molar-refractivity contribution in [2.24, 2.45) is 4.99 Å². The lowest BCUT2D eigenvalue weighted by Crippen LogP contribution is -2.22. The Bertz CT molecular complexity index is 430. The van der Waals surface area contributed by atoms with Crippen LogP contribution in [0.2, 0.25) is 0 Å². The van der Waals surface area contributed by atoms with Crippen molar-refractivity contribution in [2.45, 2.75) is 44.1 Å². The van der Waals surface area contributed by atoms with Crippen molar-refractivity contribution >= 4 is 18.2 Å². The molecule has 0 spiro atoms. The Hall–Kier alpha value is -1.02. The van der Waals surface area contributed by atoms with Gasteiger partial charge in [0.15, 0.2) is 0 Å². The highest BCUT2D eigenvalue weighted by Gasteiger charge is 2.29. The molecule has 104 valence electrons. The molecule has 3 heteroatoms. The number of nitrogens with zero attached hydrogens (tertiary/aromatic N) is 2. The predicted octanol–water partition coefficient (Wildman–Crippen LogP) is 3.87. The van der Waals surface area contributed by atoms with E-state index in [-0.39, 0.29) is 12.4 Å². The minimum atomic E-state index is 0. The number of hydrogen-bond acceptors (Lipinski definition) is 1. The molecule has 2 aliphatic rings. The van der Waals surface area contributed by atoms with E-state index in [1.165, 1.54) is 50.0 Å². The summed E-state index contributed by atoms with van der Waals surface area (Å²) in [6.45, 7) is 1.18. The second kappa shape index (κ2) is 6.42. The van der Waals surface area contributed by atoms with Crippen LogP contribution < -0.4 is 0 Å². The fourth-order valence-electron chi connectivity index (χ4n) is 3.33. The molecule has 2 fully saturated rings. The molecule has 1 aromatic carbocycles. The Balaban J connectivity index is 0.00000133. The van der Waals surface area contributed by atoms with E-state index in [2.05, 4.69) is 42.3 Å². The van der Waals surface area contributed by atoms with E-state index in [1.807, 2.05) is 0 Å². The van der Waals surface area contributed by atoms with Gasteiger partial charge in [-0.3, -0.25) is 4.99 Å². The van der Waals surface area contributed by atoms with Gasteiger partial charge in [0.25, 0.3) is 0 Å². The smallest absolute Gasteiger partial charge is 0.0990 e. The van der Waals surface area contributed by atoms with Gasteiger partial charge in [-0.15, -0.1) is 12.4 Å². The minimum Gasteiger partial charge on any atom is -0.363 e. The molecule has 1 saturated heterocycles. The summed E-state index contributed by atoms with van der Waals surface area (Å²) in [5.74, 6) is 1.98. The average Bonchev–Trinajstić information content (AvgIpc) is 3.01. The molecule has 1 saturated carbocycles. The summed E-state index contributed by atoms with van der Waals surface area (Å²) in [4.78, 5) is 7.39. The predicted molar refractivity (Wildman–Crippen MR) is 83.4 cm³/mol. The first-order valence-electron chi connectivity index (χ1n) is 7.17. The first-order chi connectivity index (χ1) is 8.84. The Morgan fingerprint density at radius 3 is 2.58 bits per heavy atom. The molecule has 0 N–H and O–H groups in total. The third kappa shape index (κ3) is 3.11. The monoisotopic (exact) mass is 278 g/mol. The van der Waals surface area contributed by atoms with Crippen LogP contribution in [-0.4, -0.2) is 30.4 Å². The molecule has 0 amide bonds. The summed E-state index contributed by atoms with van der Waals surface area (Å²) in [5.41, 5.74) is 1.48. The topological polar surface area (TPSA) is 15.6 Å². The van der Waals surface area contributed by atoms with Crippen molar-refractivity contribution < 1.29 is 0 Å². The van der Waals surface area contributed by atoms with E-state index >= 15 is 0 Å². The van der Waals surface area contributed by atoms with Gasteiger partial charge in [0.05, 0.1) is 11.9 Å². The van der Waals surface area contributed by atoms with E-state index in [1.54, 1.807) is 0 Å². The first-order valence-corrected chi connectivity index (χ1v) is 7.17. The van der Waals surface area contributed by atoms with E-state index < -0.39 is 0 Å². The maximum Gasteiger partial charge on any atom is 0.0990 e. The summed E-state index contributed by atoms with van der Waals surface area (Å²) >= 11 is 0. The van der Waals surface area contributed by atoms with Crippen LogP contribution in [0.1, 0.15) is 43.6 Å². The molecule has 3 rings (SSSR count). The standard InChI is InChI=1S/C16H22N2.ClH/c1-18-12-6-11-16(18)17-15-10-5-9-14(15)13-7-3-2-4-8-13;/h2-4,7-8,14-15H,5-6,9-12H2,1H3;1H. The lowest BCUT2D eigenvalue weighted by atomic mass is 9.94. The molecule has 1 aliphatic carbocycles. The zero-order valence-electron chi connectivity index (χ0n) is 11.6. The first kappa shape index (κ1) is 14.4. The lowest BCUT2D eigenvalue weighted by Gasteiger charge is -2.19. The SMILES string of the molecule is CN1CCCC1=NC1CCCC1c1ccccc1.Cl. The summed E-state index contributed by atoms with van der Waals surface area (Å²) in [6.07, 6.45) is 6.34. The molecule has 2 nitrogen and oxygen atoms in total. The second-order valence-electron chi connectivity index (χ2n) is 5.59. The normalized spacial score (nSPS) is 28.7. The second-order valence-corrected chi connectivity index (χ2v) is 5.59. The van der Waals surface area contributed by atoms with E-state index in [0.717, 1.165) is 0 Å². The quantitative estimate of drug-likeness (QED) is 0.802. The van der Waals surface area contributed by atoms with Crippen LogP contribution in [0.4, 0.5) is 0 Å². The highest BCUT2D eigenvalue weighted by molar-refractivity contribution is 5.85. The summed E-state index contributed by atoms with van der Waals surface area (Å²) in [7, 11) is 2.18. The summed E-state index contributed by atoms with van der Waals surface area (Å²) < 4.78 is 0. The highest BCUT2D eigenvalue weighted by atomic mass is 35.5. The van der Waals surface area contributed by atoms with Crippen LogP contribution in [0.3, 0.4) is 0 Å².